The van der Waals surface area contributed by atoms with Gasteiger partial charge >= 0.3 is 5.97 Å². The van der Waals surface area contributed by atoms with Crippen molar-refractivity contribution in [2.45, 2.75) is 0 Å². The average molecular weight is 409 g/mol. The molecule has 0 bridgehead atoms. The van der Waals surface area contributed by atoms with Crippen LogP contribution in [-0.2, 0) is 9.53 Å². The lowest BCUT2D eigenvalue weighted by molar-refractivity contribution is -0.129. The summed E-state index contributed by atoms with van der Waals surface area (Å²) in [6.45, 7) is 0. The van der Waals surface area contributed by atoms with E-state index in [2.05, 4.69) is 20.9 Å². The molecule has 1 aliphatic heterocycles. The van der Waals surface area contributed by atoms with Gasteiger partial charge in [-0.1, -0.05) is 33.6 Å². The predicted molar refractivity (Wildman–Crippen MR) is 93.8 cm³/mol. The monoisotopic (exact) mass is 407 g/mol. The summed E-state index contributed by atoms with van der Waals surface area (Å²) in [6, 6.07) is 9.26. The fourth-order valence-corrected chi connectivity index (χ4v) is 4.18. The van der Waals surface area contributed by atoms with Gasteiger partial charge in [0.1, 0.15) is 10.6 Å². The topological polar surface area (TPSA) is 51.8 Å². The maximum absolute atomic E-state index is 12.0. The first-order chi connectivity index (χ1) is 11.1. The zero-order valence-corrected chi connectivity index (χ0v) is 14.5. The van der Waals surface area contributed by atoms with E-state index in [9.17, 15) is 4.79 Å². The lowest BCUT2D eigenvalue weighted by Crippen LogP contribution is -2.04. The molecule has 1 aromatic carbocycles. The largest absolute Gasteiger partial charge is 0.465 e. The number of hydrogen-bond acceptors (Lipinski definition) is 5. The Hall–Kier alpha value is -1.89. The molecule has 0 spiro atoms. The van der Waals surface area contributed by atoms with Gasteiger partial charge in [0.25, 0.3) is 0 Å². The normalized spacial score (nSPS) is 16.2. The Morgan fingerprint density at radius 1 is 1.30 bits per heavy atom. The van der Waals surface area contributed by atoms with Gasteiger partial charge in [-0.2, -0.15) is 0 Å². The number of thiophene rings is 1. The fraction of sp³-hybridized carbons (Fsp3) is 0. The minimum absolute atomic E-state index is 0.185. The molecule has 0 radical (unpaired) electrons. The van der Waals surface area contributed by atoms with Gasteiger partial charge in [-0.15, -0.1) is 11.3 Å². The first-order valence-corrected chi connectivity index (χ1v) is 8.54. The van der Waals surface area contributed by atoms with Crippen molar-refractivity contribution in [3.8, 4) is 0 Å². The Bertz CT molecular complexity index is 988. The van der Waals surface area contributed by atoms with Gasteiger partial charge in [-0.05, 0) is 24.3 Å². The number of nitrogens with zero attached hydrogens (tertiary/aromatic N) is 1. The summed E-state index contributed by atoms with van der Waals surface area (Å²) in [7, 11) is 0. The van der Waals surface area contributed by atoms with Crippen LogP contribution >= 0.6 is 38.9 Å². The number of rotatable bonds is 2. The molecule has 0 amide bonds. The van der Waals surface area contributed by atoms with Crippen molar-refractivity contribution in [2.24, 2.45) is 4.99 Å². The van der Waals surface area contributed by atoms with E-state index in [-0.39, 0.29) is 11.6 Å². The first kappa shape index (κ1) is 14.7. The fourth-order valence-electron chi connectivity index (χ4n) is 2.19. The highest BCUT2D eigenvalue weighted by Crippen LogP contribution is 2.38. The average Bonchev–Trinajstić information content (AvgIpc) is 3.21. The number of cyclic esters (lactones) is 1. The van der Waals surface area contributed by atoms with E-state index in [1.807, 2.05) is 18.2 Å². The van der Waals surface area contributed by atoms with Gasteiger partial charge in [0.2, 0.25) is 5.90 Å². The van der Waals surface area contributed by atoms with Crippen LogP contribution in [0.3, 0.4) is 0 Å². The molecule has 0 saturated carbocycles. The second-order valence-corrected chi connectivity index (χ2v) is 7.08. The molecule has 0 N–H and O–H groups in total. The highest BCUT2D eigenvalue weighted by molar-refractivity contribution is 9.10. The minimum Gasteiger partial charge on any atom is -0.465 e. The zero-order chi connectivity index (χ0) is 16.0. The summed E-state index contributed by atoms with van der Waals surface area (Å²) in [6.07, 6.45) is 3.06. The molecule has 114 valence electrons. The quantitative estimate of drug-likeness (QED) is 0.429. The highest BCUT2D eigenvalue weighted by Gasteiger charge is 2.28. The molecule has 23 heavy (non-hydrogen) atoms. The van der Waals surface area contributed by atoms with E-state index in [0.29, 0.717) is 15.7 Å². The second kappa shape index (κ2) is 5.63. The first-order valence-electron chi connectivity index (χ1n) is 6.56. The summed E-state index contributed by atoms with van der Waals surface area (Å²) >= 11 is 11.3. The van der Waals surface area contributed by atoms with Gasteiger partial charge in [0, 0.05) is 20.6 Å². The predicted octanol–water partition coefficient (Wildman–Crippen LogP) is 5.25. The van der Waals surface area contributed by atoms with Gasteiger partial charge < -0.3 is 9.15 Å². The lowest BCUT2D eigenvalue weighted by Gasteiger charge is -1.95. The van der Waals surface area contributed by atoms with Crippen LogP contribution in [0.4, 0.5) is 0 Å². The molecule has 2 aromatic heterocycles. The SMILES string of the molecule is O=C1OC(c2sc3cc(Br)ccc3c2Cl)=N/C1=C/c1ccco1. The third kappa shape index (κ3) is 2.63. The number of hydrogen-bond donors (Lipinski definition) is 0. The van der Waals surface area contributed by atoms with E-state index < -0.39 is 5.97 Å². The van der Waals surface area contributed by atoms with Gasteiger partial charge in [0.05, 0.1) is 11.3 Å². The molecule has 0 aliphatic carbocycles. The maximum atomic E-state index is 12.0. The van der Waals surface area contributed by atoms with Crippen LogP contribution in [0.1, 0.15) is 10.6 Å². The number of furan rings is 1. The van der Waals surface area contributed by atoms with E-state index in [0.717, 1.165) is 14.6 Å². The molecular weight excluding hydrogens is 402 g/mol. The summed E-state index contributed by atoms with van der Waals surface area (Å²) < 4.78 is 12.4. The third-order valence-corrected chi connectivity index (χ3v) is 5.37. The van der Waals surface area contributed by atoms with Crippen LogP contribution in [0.15, 0.2) is 56.2 Å². The Kier molecular flexibility index (Phi) is 3.60. The maximum Gasteiger partial charge on any atom is 0.363 e. The van der Waals surface area contributed by atoms with Crippen LogP contribution in [0.2, 0.25) is 5.02 Å². The number of ether oxygens (including phenoxy) is 1. The van der Waals surface area contributed by atoms with Crippen molar-refractivity contribution in [2.75, 3.05) is 0 Å². The van der Waals surface area contributed by atoms with Gasteiger partial charge in [0.15, 0.2) is 5.70 Å². The Morgan fingerprint density at radius 3 is 2.96 bits per heavy atom. The Labute approximate surface area is 148 Å². The number of carbonyl (C=O) groups excluding carboxylic acids is 1. The Morgan fingerprint density at radius 2 is 2.17 bits per heavy atom. The van der Waals surface area contributed by atoms with Crippen LogP contribution in [0.5, 0.6) is 0 Å². The molecule has 0 atom stereocenters. The van der Waals surface area contributed by atoms with Crippen molar-refractivity contribution >= 4 is 66.9 Å². The molecule has 3 aromatic rings. The number of halogens is 2. The number of fused-ring (bicyclic) bond motifs is 1. The standard InChI is InChI=1S/C16H7BrClNO3S/c17-8-3-4-10-12(6-8)23-14(13(10)18)15-19-11(16(20)22-15)7-9-2-1-5-21-9/h1-7H/b11-7+. The van der Waals surface area contributed by atoms with Crippen molar-refractivity contribution in [1.29, 1.82) is 0 Å². The number of aliphatic imine (C=N–C) groups is 1. The summed E-state index contributed by atoms with van der Waals surface area (Å²) in [4.78, 5) is 16.9. The molecule has 1 aliphatic rings. The molecule has 0 saturated heterocycles. The summed E-state index contributed by atoms with van der Waals surface area (Å²) in [5.41, 5.74) is 0.185. The molecule has 4 rings (SSSR count). The molecule has 0 unspecified atom stereocenters. The summed E-state index contributed by atoms with van der Waals surface area (Å²) in [5, 5.41) is 1.43. The molecular formula is C16H7BrClNO3S. The van der Waals surface area contributed by atoms with E-state index >= 15 is 0 Å². The number of benzene rings is 1. The van der Waals surface area contributed by atoms with Crippen LogP contribution in [0.25, 0.3) is 16.2 Å². The highest BCUT2D eigenvalue weighted by atomic mass is 79.9. The van der Waals surface area contributed by atoms with E-state index in [4.69, 9.17) is 20.8 Å². The molecule has 3 heterocycles. The van der Waals surface area contributed by atoms with Crippen LogP contribution in [-0.4, -0.2) is 11.9 Å². The van der Waals surface area contributed by atoms with Crippen LogP contribution in [0, 0.1) is 0 Å². The lowest BCUT2D eigenvalue weighted by atomic mass is 10.2. The van der Waals surface area contributed by atoms with E-state index in [1.54, 1.807) is 12.1 Å². The second-order valence-electron chi connectivity index (χ2n) is 4.74. The molecule has 7 heteroatoms. The van der Waals surface area contributed by atoms with E-state index in [1.165, 1.54) is 23.7 Å². The minimum atomic E-state index is -0.522. The molecule has 0 fully saturated rings. The van der Waals surface area contributed by atoms with Crippen molar-refractivity contribution in [3.63, 3.8) is 0 Å². The van der Waals surface area contributed by atoms with Crippen LogP contribution < -0.4 is 0 Å². The summed E-state index contributed by atoms with van der Waals surface area (Å²) in [5.74, 6) is 0.231. The van der Waals surface area contributed by atoms with Gasteiger partial charge in [-0.25, -0.2) is 9.79 Å². The number of esters is 1. The van der Waals surface area contributed by atoms with Gasteiger partial charge in [-0.3, -0.25) is 0 Å². The smallest absolute Gasteiger partial charge is 0.363 e. The molecule has 4 nitrogen and oxygen atoms in total. The number of carbonyl (C=O) groups is 1. The van der Waals surface area contributed by atoms with Crippen molar-refractivity contribution < 1.29 is 13.9 Å². The van der Waals surface area contributed by atoms with Crippen molar-refractivity contribution in [1.82, 2.24) is 0 Å². The zero-order valence-electron chi connectivity index (χ0n) is 11.4. The van der Waals surface area contributed by atoms with Crippen molar-refractivity contribution in [3.05, 3.63) is 62.4 Å². The third-order valence-electron chi connectivity index (χ3n) is 3.23. The Balaban J connectivity index is 1.79.